The molecule has 2 amide bonds. The predicted molar refractivity (Wildman–Crippen MR) is 107 cm³/mol. The molecule has 28 heavy (non-hydrogen) atoms. The number of piperidine rings is 1. The quantitative estimate of drug-likeness (QED) is 0.739. The van der Waals surface area contributed by atoms with E-state index in [0.717, 1.165) is 41.8 Å². The van der Waals surface area contributed by atoms with Gasteiger partial charge in [-0.2, -0.15) is 5.10 Å². The van der Waals surface area contributed by atoms with Crippen molar-refractivity contribution in [2.45, 2.75) is 25.2 Å². The van der Waals surface area contributed by atoms with E-state index in [0.29, 0.717) is 17.6 Å². The van der Waals surface area contributed by atoms with Crippen molar-refractivity contribution in [2.24, 2.45) is 5.92 Å². The number of thiazole rings is 1. The third kappa shape index (κ3) is 3.07. The lowest BCUT2D eigenvalue weighted by Gasteiger charge is -2.33. The summed E-state index contributed by atoms with van der Waals surface area (Å²) in [5, 5.41) is 7.75. The summed E-state index contributed by atoms with van der Waals surface area (Å²) in [6, 6.07) is 9.87. The van der Waals surface area contributed by atoms with E-state index in [4.69, 9.17) is 0 Å². The van der Waals surface area contributed by atoms with Gasteiger partial charge in [-0.15, -0.1) is 0 Å². The van der Waals surface area contributed by atoms with Crippen molar-refractivity contribution < 1.29 is 9.59 Å². The molecule has 7 nitrogen and oxygen atoms in total. The summed E-state index contributed by atoms with van der Waals surface area (Å²) in [5.74, 6) is 0.240. The Kier molecular flexibility index (Phi) is 4.35. The van der Waals surface area contributed by atoms with Gasteiger partial charge < -0.3 is 4.90 Å². The average Bonchev–Trinajstić information content (AvgIpc) is 3.46. The van der Waals surface area contributed by atoms with Crippen LogP contribution in [0.15, 0.2) is 36.5 Å². The van der Waals surface area contributed by atoms with E-state index in [1.807, 2.05) is 35.2 Å². The molecule has 2 aliphatic heterocycles. The van der Waals surface area contributed by atoms with Crippen molar-refractivity contribution in [3.05, 3.63) is 42.2 Å². The molecule has 0 aliphatic carbocycles. The summed E-state index contributed by atoms with van der Waals surface area (Å²) in [5.41, 5.74) is 2.04. The summed E-state index contributed by atoms with van der Waals surface area (Å²) in [7, 11) is 0. The lowest BCUT2D eigenvalue weighted by molar-refractivity contribution is -0.136. The lowest BCUT2D eigenvalue weighted by atomic mass is 9.93. The first-order valence-electron chi connectivity index (χ1n) is 9.63. The Hall–Kier alpha value is -2.74. The van der Waals surface area contributed by atoms with Gasteiger partial charge in [-0.25, -0.2) is 4.98 Å². The van der Waals surface area contributed by atoms with E-state index in [9.17, 15) is 9.59 Å². The summed E-state index contributed by atoms with van der Waals surface area (Å²) in [6.45, 7) is 1.89. The second-order valence-electron chi connectivity index (χ2n) is 7.48. The third-order valence-corrected chi connectivity index (χ3v) is 6.82. The standard InChI is InChI=1S/C20H21N5O2S/c26-18-11-14(12-25(18)20-22-16-3-1-2-4-17(16)28-20)19(27)24-9-6-13(7-10-24)15-5-8-21-23-15/h1-5,8,13-14H,6-7,9-12H2,(H,21,23). The van der Waals surface area contributed by atoms with Gasteiger partial charge in [-0.05, 0) is 31.0 Å². The molecule has 4 heterocycles. The minimum atomic E-state index is -0.275. The van der Waals surface area contributed by atoms with Gasteiger partial charge in [0.25, 0.3) is 0 Å². The van der Waals surface area contributed by atoms with Crippen molar-refractivity contribution in [1.82, 2.24) is 20.1 Å². The van der Waals surface area contributed by atoms with Gasteiger partial charge in [0.05, 0.1) is 16.1 Å². The van der Waals surface area contributed by atoms with Gasteiger partial charge in [-0.3, -0.25) is 19.6 Å². The first kappa shape index (κ1) is 17.4. The molecule has 1 aromatic carbocycles. The van der Waals surface area contributed by atoms with E-state index >= 15 is 0 Å². The Balaban J connectivity index is 1.25. The molecule has 0 bridgehead atoms. The van der Waals surface area contributed by atoms with Crippen molar-refractivity contribution in [3.8, 4) is 0 Å². The number of likely N-dealkylation sites (tertiary alicyclic amines) is 1. The number of carbonyl (C=O) groups excluding carboxylic acids is 2. The number of carbonyl (C=O) groups is 2. The van der Waals surface area contributed by atoms with Crippen LogP contribution < -0.4 is 4.90 Å². The zero-order chi connectivity index (χ0) is 19.1. The van der Waals surface area contributed by atoms with Crippen LogP contribution in [0.4, 0.5) is 5.13 Å². The Morgan fingerprint density at radius 2 is 2.00 bits per heavy atom. The molecule has 3 aromatic rings. The van der Waals surface area contributed by atoms with Gasteiger partial charge in [0.1, 0.15) is 0 Å². The SMILES string of the molecule is O=C(C1CC(=O)N(c2nc3ccccc3s2)C1)N1CCC(c2ccn[nH]2)CC1. The highest BCUT2D eigenvalue weighted by molar-refractivity contribution is 7.22. The molecular formula is C20H21N5O2S. The highest BCUT2D eigenvalue weighted by atomic mass is 32.1. The topological polar surface area (TPSA) is 82.2 Å². The molecule has 2 fully saturated rings. The number of amides is 2. The average molecular weight is 395 g/mol. The second-order valence-corrected chi connectivity index (χ2v) is 8.49. The van der Waals surface area contributed by atoms with Crippen LogP contribution in [-0.4, -0.2) is 51.5 Å². The maximum absolute atomic E-state index is 13.0. The molecule has 5 rings (SSSR count). The number of benzene rings is 1. The van der Waals surface area contributed by atoms with E-state index in [1.165, 1.54) is 11.3 Å². The Morgan fingerprint density at radius 3 is 2.75 bits per heavy atom. The minimum Gasteiger partial charge on any atom is -0.342 e. The predicted octanol–water partition coefficient (Wildman–Crippen LogP) is 2.78. The van der Waals surface area contributed by atoms with Gasteiger partial charge in [0, 0.05) is 43.9 Å². The fraction of sp³-hybridized carbons (Fsp3) is 0.400. The number of para-hydroxylation sites is 1. The smallest absolute Gasteiger partial charge is 0.229 e. The molecule has 144 valence electrons. The summed E-state index contributed by atoms with van der Waals surface area (Å²) in [6.07, 6.45) is 3.90. The van der Waals surface area contributed by atoms with Gasteiger partial charge in [0.2, 0.25) is 11.8 Å². The summed E-state index contributed by atoms with van der Waals surface area (Å²) >= 11 is 1.51. The zero-order valence-electron chi connectivity index (χ0n) is 15.4. The third-order valence-electron chi connectivity index (χ3n) is 5.76. The van der Waals surface area contributed by atoms with Crippen molar-refractivity contribution >= 4 is 38.5 Å². The van der Waals surface area contributed by atoms with Crippen LogP contribution in [0.2, 0.25) is 0 Å². The lowest BCUT2D eigenvalue weighted by Crippen LogP contribution is -2.42. The zero-order valence-corrected chi connectivity index (χ0v) is 16.2. The Morgan fingerprint density at radius 1 is 1.18 bits per heavy atom. The number of nitrogens with one attached hydrogen (secondary N) is 1. The van der Waals surface area contributed by atoms with Crippen LogP contribution in [0.5, 0.6) is 0 Å². The monoisotopic (exact) mass is 395 g/mol. The normalized spacial score (nSPS) is 21.0. The number of H-pyrrole nitrogens is 1. The molecule has 0 saturated carbocycles. The van der Waals surface area contributed by atoms with Crippen LogP contribution in [0, 0.1) is 5.92 Å². The van der Waals surface area contributed by atoms with Crippen LogP contribution in [-0.2, 0) is 9.59 Å². The fourth-order valence-corrected chi connectivity index (χ4v) is 5.19. The number of hydrogen-bond donors (Lipinski definition) is 1. The molecule has 8 heteroatoms. The molecule has 2 aromatic heterocycles. The summed E-state index contributed by atoms with van der Waals surface area (Å²) in [4.78, 5) is 33.8. The van der Waals surface area contributed by atoms with E-state index in [2.05, 4.69) is 15.2 Å². The van der Waals surface area contributed by atoms with Gasteiger partial charge in [0.15, 0.2) is 5.13 Å². The Bertz CT molecular complexity index is 974. The highest BCUT2D eigenvalue weighted by Gasteiger charge is 2.39. The number of hydrogen-bond acceptors (Lipinski definition) is 5. The van der Waals surface area contributed by atoms with Gasteiger partial charge >= 0.3 is 0 Å². The number of aromatic amines is 1. The first-order chi connectivity index (χ1) is 13.7. The maximum atomic E-state index is 13.0. The fourth-order valence-electron chi connectivity index (χ4n) is 4.20. The van der Waals surface area contributed by atoms with Crippen LogP contribution in [0.3, 0.4) is 0 Å². The summed E-state index contributed by atoms with van der Waals surface area (Å²) < 4.78 is 1.06. The van der Waals surface area contributed by atoms with Crippen molar-refractivity contribution in [3.63, 3.8) is 0 Å². The highest BCUT2D eigenvalue weighted by Crippen LogP contribution is 2.34. The Labute approximate surface area is 166 Å². The molecule has 2 saturated heterocycles. The van der Waals surface area contributed by atoms with Crippen molar-refractivity contribution in [2.75, 3.05) is 24.5 Å². The molecule has 1 unspecified atom stereocenters. The van der Waals surface area contributed by atoms with Gasteiger partial charge in [-0.1, -0.05) is 23.5 Å². The number of aromatic nitrogens is 3. The maximum Gasteiger partial charge on any atom is 0.229 e. The number of anilines is 1. The number of fused-ring (bicyclic) bond motifs is 1. The molecule has 0 radical (unpaired) electrons. The van der Waals surface area contributed by atoms with Crippen LogP contribution >= 0.6 is 11.3 Å². The van der Waals surface area contributed by atoms with Crippen LogP contribution in [0.25, 0.3) is 10.2 Å². The first-order valence-corrected chi connectivity index (χ1v) is 10.4. The minimum absolute atomic E-state index is 0.00949. The van der Waals surface area contributed by atoms with Crippen LogP contribution in [0.1, 0.15) is 30.9 Å². The molecular weight excluding hydrogens is 374 g/mol. The number of nitrogens with zero attached hydrogens (tertiary/aromatic N) is 4. The largest absolute Gasteiger partial charge is 0.342 e. The molecule has 2 aliphatic rings. The molecule has 0 spiro atoms. The van der Waals surface area contributed by atoms with E-state index < -0.39 is 0 Å². The van der Waals surface area contributed by atoms with E-state index in [-0.39, 0.29) is 24.2 Å². The molecule has 1 atom stereocenters. The molecule has 1 N–H and O–H groups in total. The van der Waals surface area contributed by atoms with Crippen molar-refractivity contribution in [1.29, 1.82) is 0 Å². The van der Waals surface area contributed by atoms with E-state index in [1.54, 1.807) is 11.1 Å². The number of rotatable bonds is 3. The second kappa shape index (κ2) is 7.01.